The Balaban J connectivity index is 3.79. The summed E-state index contributed by atoms with van der Waals surface area (Å²) in [5.74, 6) is -2.35. The van der Waals surface area contributed by atoms with Gasteiger partial charge in [-0.25, -0.2) is 9.36 Å². The molecule has 0 bridgehead atoms. The smallest absolute Gasteiger partial charge is 0.472 e. The number of rotatable bonds is 49. The lowest BCUT2D eigenvalue weighted by Gasteiger charge is -2.18. The molecule has 0 radical (unpaired) electrons. The van der Waals surface area contributed by atoms with Crippen LogP contribution in [-0.2, 0) is 32.7 Å². The highest BCUT2D eigenvalue weighted by Crippen LogP contribution is 2.43. The van der Waals surface area contributed by atoms with Crippen molar-refractivity contribution < 1.29 is 47.8 Å². The predicted octanol–water partition coefficient (Wildman–Crippen LogP) is 13.8. The van der Waals surface area contributed by atoms with Crippen LogP contribution < -0.4 is 5.32 Å². The molecule has 0 rings (SSSR count). The largest absolute Gasteiger partial charge is 0.480 e. The number of phosphoric ester groups is 1. The lowest BCUT2D eigenvalue weighted by Crippen LogP contribution is -2.43. The number of aliphatic carboxylic acids is 1. The maximum absolute atomic E-state index is 12.4. The number of nitrogens with one attached hydrogen (secondary N) is 1. The third-order valence-electron chi connectivity index (χ3n) is 11.6. The minimum atomic E-state index is -4.75. The van der Waals surface area contributed by atoms with Gasteiger partial charge in [-0.2, -0.15) is 0 Å². The highest BCUT2D eigenvalue weighted by molar-refractivity contribution is 7.47. The third kappa shape index (κ3) is 44.9. The highest BCUT2D eigenvalue weighted by atomic mass is 31.2. The summed E-state index contributed by atoms with van der Waals surface area (Å²) >= 11 is 0. The molecule has 0 heterocycles. The van der Waals surface area contributed by atoms with E-state index in [0.717, 1.165) is 38.5 Å². The van der Waals surface area contributed by atoms with Gasteiger partial charge in [-0.3, -0.25) is 18.6 Å². The molecule has 0 fully saturated rings. The van der Waals surface area contributed by atoms with Crippen molar-refractivity contribution in [3.8, 4) is 0 Å². The van der Waals surface area contributed by atoms with Crippen LogP contribution >= 0.6 is 7.82 Å². The van der Waals surface area contributed by atoms with Crippen LogP contribution in [0.5, 0.6) is 0 Å². The predicted molar refractivity (Wildman–Crippen MR) is 250 cm³/mol. The van der Waals surface area contributed by atoms with E-state index in [2.05, 4.69) is 19.2 Å². The van der Waals surface area contributed by atoms with Gasteiger partial charge in [-0.1, -0.05) is 239 Å². The maximum Gasteiger partial charge on any atom is 0.472 e. The average molecular weight is 890 g/mol. The zero-order valence-corrected chi connectivity index (χ0v) is 40.4. The number of aliphatic hydroxyl groups excluding tert-OH is 1. The Bertz CT molecular complexity index is 1050. The van der Waals surface area contributed by atoms with Crippen molar-refractivity contribution >= 4 is 25.7 Å². The summed E-state index contributed by atoms with van der Waals surface area (Å²) in [7, 11) is -4.75. The van der Waals surface area contributed by atoms with Crippen molar-refractivity contribution in [3.63, 3.8) is 0 Å². The summed E-state index contributed by atoms with van der Waals surface area (Å²) in [5.41, 5.74) is 0. The summed E-state index contributed by atoms with van der Waals surface area (Å²) in [6.45, 7) is 2.66. The van der Waals surface area contributed by atoms with Crippen LogP contribution in [0.25, 0.3) is 0 Å². The number of phosphoric acid groups is 1. The molecule has 0 saturated carbocycles. The number of carbonyl (C=O) groups is 3. The van der Waals surface area contributed by atoms with Gasteiger partial charge in [-0.15, -0.1) is 0 Å². The van der Waals surface area contributed by atoms with Gasteiger partial charge >= 0.3 is 19.8 Å². The molecule has 0 aromatic heterocycles. The van der Waals surface area contributed by atoms with Crippen molar-refractivity contribution in [2.45, 2.75) is 276 Å². The number of ether oxygens (including phenoxy) is 1. The van der Waals surface area contributed by atoms with Crippen LogP contribution in [0.4, 0.5) is 0 Å². The fraction of sp³-hybridized carbons (Fsp3) is 0.939. The summed E-state index contributed by atoms with van der Waals surface area (Å²) in [6, 6.07) is -1.54. The quantitative estimate of drug-likeness (QED) is 0.0262. The molecule has 0 spiro atoms. The Morgan fingerprint density at radius 2 is 0.754 bits per heavy atom. The monoisotopic (exact) mass is 890 g/mol. The van der Waals surface area contributed by atoms with E-state index in [1.807, 2.05) is 0 Å². The van der Waals surface area contributed by atoms with Crippen LogP contribution in [-0.4, -0.2) is 64.9 Å². The van der Waals surface area contributed by atoms with Crippen LogP contribution in [0.3, 0.4) is 0 Å². The van der Waals surface area contributed by atoms with Crippen molar-refractivity contribution in [1.82, 2.24) is 5.32 Å². The van der Waals surface area contributed by atoms with Crippen LogP contribution in [0.1, 0.15) is 264 Å². The maximum atomic E-state index is 12.4. The second-order valence-electron chi connectivity index (χ2n) is 17.7. The normalized spacial score (nSPS) is 13.5. The number of unbranched alkanes of at least 4 members (excludes halogenated alkanes) is 35. The van der Waals surface area contributed by atoms with Crippen molar-refractivity contribution in [3.05, 3.63) is 0 Å². The zero-order chi connectivity index (χ0) is 44.9. The first kappa shape index (κ1) is 59.5. The van der Waals surface area contributed by atoms with Crippen molar-refractivity contribution in [2.75, 3.05) is 19.8 Å². The van der Waals surface area contributed by atoms with Gasteiger partial charge < -0.3 is 25.2 Å². The summed E-state index contributed by atoms with van der Waals surface area (Å²) in [5, 5.41) is 21.9. The lowest BCUT2D eigenvalue weighted by atomic mass is 10.0. The van der Waals surface area contributed by atoms with E-state index in [0.29, 0.717) is 12.8 Å². The molecule has 61 heavy (non-hydrogen) atoms. The standard InChI is InChI=1S/C49H96NO10P/c1-3-5-7-9-11-13-15-17-19-21-23-24-26-28-30-32-34-36-38-40-47(52)50-46(49(54)55)44-60-61(56,57)59-43-45(51)42-58-48(53)41-39-37-35-33-31-29-27-25-22-20-18-16-14-12-10-8-6-4-2/h45-46,51H,3-44H2,1-2H3,(H,50,52)(H,54,55)(H,56,57). The summed E-state index contributed by atoms with van der Waals surface area (Å²) in [6.07, 6.45) is 45.5. The molecule has 362 valence electrons. The number of hydrogen-bond acceptors (Lipinski definition) is 8. The van der Waals surface area contributed by atoms with Gasteiger partial charge in [-0.05, 0) is 12.8 Å². The molecule has 0 aliphatic rings. The average Bonchev–Trinajstić information content (AvgIpc) is 3.24. The van der Waals surface area contributed by atoms with Gasteiger partial charge in [0.2, 0.25) is 5.91 Å². The van der Waals surface area contributed by atoms with E-state index in [1.165, 1.54) is 186 Å². The van der Waals surface area contributed by atoms with Gasteiger partial charge in [0.15, 0.2) is 6.04 Å². The molecule has 0 saturated heterocycles. The number of esters is 1. The second-order valence-corrected chi connectivity index (χ2v) is 19.2. The molecular weight excluding hydrogens is 794 g/mol. The Morgan fingerprint density at radius 1 is 0.459 bits per heavy atom. The van der Waals surface area contributed by atoms with E-state index in [-0.39, 0.29) is 12.8 Å². The van der Waals surface area contributed by atoms with Gasteiger partial charge in [0.05, 0.1) is 13.2 Å². The van der Waals surface area contributed by atoms with Crippen molar-refractivity contribution in [2.24, 2.45) is 0 Å². The molecule has 3 atom stereocenters. The van der Waals surface area contributed by atoms with E-state index >= 15 is 0 Å². The molecule has 0 aromatic carbocycles. The summed E-state index contributed by atoms with van der Waals surface area (Å²) in [4.78, 5) is 46.1. The SMILES string of the molecule is CCCCCCCCCCCCCCCCCCCCCC(=O)NC(COP(=O)(O)OCC(O)COC(=O)CCCCCCCCCCCCCCCCCCCC)C(=O)O. The first-order valence-electron chi connectivity index (χ1n) is 25.6. The fourth-order valence-electron chi connectivity index (χ4n) is 7.67. The minimum Gasteiger partial charge on any atom is -0.480 e. The van der Waals surface area contributed by atoms with Gasteiger partial charge in [0.1, 0.15) is 12.7 Å². The molecule has 3 unspecified atom stereocenters. The molecule has 0 aliphatic heterocycles. The number of carboxylic acids is 1. The second kappa shape index (κ2) is 45.1. The molecule has 0 aliphatic carbocycles. The number of amides is 1. The molecule has 12 heteroatoms. The Kier molecular flexibility index (Phi) is 43.9. The van der Waals surface area contributed by atoms with Gasteiger partial charge in [0, 0.05) is 12.8 Å². The van der Waals surface area contributed by atoms with Crippen LogP contribution in [0, 0.1) is 0 Å². The topological polar surface area (TPSA) is 169 Å². The zero-order valence-electron chi connectivity index (χ0n) is 39.5. The Hall–Kier alpha value is -1.52. The van der Waals surface area contributed by atoms with E-state index in [9.17, 15) is 34.1 Å². The molecule has 4 N–H and O–H groups in total. The minimum absolute atomic E-state index is 0.153. The van der Waals surface area contributed by atoms with E-state index in [4.69, 9.17) is 13.8 Å². The molecule has 11 nitrogen and oxygen atoms in total. The van der Waals surface area contributed by atoms with E-state index < -0.39 is 57.6 Å². The van der Waals surface area contributed by atoms with Crippen molar-refractivity contribution in [1.29, 1.82) is 0 Å². The first-order chi connectivity index (χ1) is 29.6. The van der Waals surface area contributed by atoms with Crippen LogP contribution in [0.15, 0.2) is 0 Å². The Morgan fingerprint density at radius 3 is 1.08 bits per heavy atom. The Labute approximate surface area is 374 Å². The molecule has 0 aromatic rings. The van der Waals surface area contributed by atoms with Crippen LogP contribution in [0.2, 0.25) is 0 Å². The number of hydrogen-bond donors (Lipinski definition) is 4. The molecule has 1 amide bonds. The number of carbonyl (C=O) groups excluding carboxylic acids is 2. The first-order valence-corrected chi connectivity index (χ1v) is 27.1. The van der Waals surface area contributed by atoms with Gasteiger partial charge in [0.25, 0.3) is 0 Å². The molecular formula is C49H96NO10P. The lowest BCUT2D eigenvalue weighted by molar-refractivity contribution is -0.147. The van der Waals surface area contributed by atoms with E-state index in [1.54, 1.807) is 0 Å². The number of aliphatic hydroxyl groups is 1. The summed E-state index contributed by atoms with van der Waals surface area (Å²) < 4.78 is 26.9. The number of carboxylic acid groups (broad SMARTS) is 1. The highest BCUT2D eigenvalue weighted by Gasteiger charge is 2.28. The fourth-order valence-corrected chi connectivity index (χ4v) is 8.44. The third-order valence-corrected chi connectivity index (χ3v) is 12.6.